The topological polar surface area (TPSA) is 63.8 Å². The number of benzene rings is 1. The molecule has 0 amide bonds. The highest BCUT2D eigenvalue weighted by atomic mass is 32.1. The number of pyridine rings is 1. The van der Waals surface area contributed by atoms with Crippen LogP contribution in [0.25, 0.3) is 10.8 Å². The fourth-order valence-electron chi connectivity index (χ4n) is 2.21. The van der Waals surface area contributed by atoms with E-state index >= 15 is 0 Å². The van der Waals surface area contributed by atoms with Gasteiger partial charge in [-0.25, -0.2) is 4.98 Å². The molecule has 0 aliphatic heterocycles. The zero-order chi connectivity index (χ0) is 14.1. The Morgan fingerprint density at radius 3 is 2.80 bits per heavy atom. The maximum Gasteiger partial charge on any atom is 0.115 e. The van der Waals surface area contributed by atoms with Crippen LogP contribution < -0.4 is 11.1 Å². The third-order valence-corrected chi connectivity index (χ3v) is 4.33. The van der Waals surface area contributed by atoms with Gasteiger partial charge in [-0.1, -0.05) is 0 Å². The van der Waals surface area contributed by atoms with Crippen LogP contribution >= 0.6 is 11.3 Å². The summed E-state index contributed by atoms with van der Waals surface area (Å²) < 4.78 is 0. The molecule has 20 heavy (non-hydrogen) atoms. The van der Waals surface area contributed by atoms with Crippen LogP contribution in [0.4, 0.5) is 11.4 Å². The summed E-state index contributed by atoms with van der Waals surface area (Å²) >= 11 is 1.71. The standard InChI is InChI=1S/C15H16N4S/c1-9-7-18-15(20-9)10(2)19-14-4-3-13(16)11-5-6-17-8-12(11)14/h3-8,10,19H,16H2,1-2H3. The summed E-state index contributed by atoms with van der Waals surface area (Å²) in [5.41, 5.74) is 7.80. The van der Waals surface area contributed by atoms with Crippen LogP contribution in [0, 0.1) is 6.92 Å². The second kappa shape index (κ2) is 5.09. The first kappa shape index (κ1) is 12.9. The lowest BCUT2D eigenvalue weighted by atomic mass is 10.1. The molecule has 2 aromatic heterocycles. The van der Waals surface area contributed by atoms with E-state index in [9.17, 15) is 0 Å². The Labute approximate surface area is 121 Å². The number of nitrogens with one attached hydrogen (secondary N) is 1. The van der Waals surface area contributed by atoms with Crippen molar-refractivity contribution in [1.29, 1.82) is 0 Å². The minimum absolute atomic E-state index is 0.153. The van der Waals surface area contributed by atoms with Crippen LogP contribution in [0.15, 0.2) is 36.8 Å². The first-order chi connectivity index (χ1) is 9.65. The van der Waals surface area contributed by atoms with Gasteiger partial charge in [0.1, 0.15) is 5.01 Å². The third kappa shape index (κ3) is 2.32. The molecule has 1 unspecified atom stereocenters. The van der Waals surface area contributed by atoms with E-state index in [2.05, 4.69) is 29.1 Å². The predicted molar refractivity (Wildman–Crippen MR) is 85.0 cm³/mol. The Balaban J connectivity index is 1.97. The Kier molecular flexibility index (Phi) is 3.28. The highest BCUT2D eigenvalue weighted by molar-refractivity contribution is 7.11. The summed E-state index contributed by atoms with van der Waals surface area (Å²) in [6.07, 6.45) is 5.50. The molecule has 3 rings (SSSR count). The molecule has 0 saturated carbocycles. The van der Waals surface area contributed by atoms with Gasteiger partial charge < -0.3 is 11.1 Å². The molecule has 0 bridgehead atoms. The molecule has 4 nitrogen and oxygen atoms in total. The molecule has 3 aromatic rings. The molecular formula is C15H16N4S. The molecule has 0 spiro atoms. The van der Waals surface area contributed by atoms with Crippen molar-refractivity contribution in [3.8, 4) is 0 Å². The lowest BCUT2D eigenvalue weighted by Gasteiger charge is -2.15. The minimum Gasteiger partial charge on any atom is -0.398 e. The Morgan fingerprint density at radius 1 is 1.20 bits per heavy atom. The van der Waals surface area contributed by atoms with E-state index < -0.39 is 0 Å². The number of nitrogens with two attached hydrogens (primary N) is 1. The number of nitrogen functional groups attached to an aromatic ring is 1. The first-order valence-corrected chi connectivity index (χ1v) is 7.28. The van der Waals surface area contributed by atoms with Gasteiger partial charge in [0.15, 0.2) is 0 Å². The van der Waals surface area contributed by atoms with Crippen molar-refractivity contribution in [2.45, 2.75) is 19.9 Å². The summed E-state index contributed by atoms with van der Waals surface area (Å²) in [6, 6.07) is 6.01. The number of thiazole rings is 1. The zero-order valence-corrected chi connectivity index (χ0v) is 12.2. The highest BCUT2D eigenvalue weighted by Gasteiger charge is 2.11. The molecule has 0 fully saturated rings. The molecule has 1 aromatic carbocycles. The summed E-state index contributed by atoms with van der Waals surface area (Å²) in [6.45, 7) is 4.17. The van der Waals surface area contributed by atoms with Crippen LogP contribution in [0.3, 0.4) is 0 Å². The van der Waals surface area contributed by atoms with Crippen molar-refractivity contribution in [2.24, 2.45) is 0 Å². The monoisotopic (exact) mass is 284 g/mol. The van der Waals surface area contributed by atoms with Gasteiger partial charge in [-0.2, -0.15) is 0 Å². The SMILES string of the molecule is Cc1cnc(C(C)Nc2ccc(N)c3ccncc23)s1. The van der Waals surface area contributed by atoms with E-state index in [4.69, 9.17) is 5.73 Å². The lowest BCUT2D eigenvalue weighted by molar-refractivity contribution is 0.871. The smallest absolute Gasteiger partial charge is 0.115 e. The number of rotatable bonds is 3. The number of fused-ring (bicyclic) bond motifs is 1. The Hall–Kier alpha value is -2.14. The van der Waals surface area contributed by atoms with Crippen LogP contribution in [0.2, 0.25) is 0 Å². The van der Waals surface area contributed by atoms with Crippen molar-refractivity contribution in [3.05, 3.63) is 46.7 Å². The maximum atomic E-state index is 6.00. The van der Waals surface area contributed by atoms with Crippen LogP contribution in [0.5, 0.6) is 0 Å². The normalized spacial score (nSPS) is 12.5. The average Bonchev–Trinajstić information content (AvgIpc) is 2.89. The molecule has 1 atom stereocenters. The number of aryl methyl sites for hydroxylation is 1. The minimum atomic E-state index is 0.153. The second-order valence-electron chi connectivity index (χ2n) is 4.80. The van der Waals surface area contributed by atoms with Gasteiger partial charge in [0, 0.05) is 45.6 Å². The average molecular weight is 284 g/mol. The van der Waals surface area contributed by atoms with E-state index in [0.717, 1.165) is 27.2 Å². The lowest BCUT2D eigenvalue weighted by Crippen LogP contribution is -2.06. The van der Waals surface area contributed by atoms with Gasteiger partial charge in [0.05, 0.1) is 6.04 Å². The van der Waals surface area contributed by atoms with Crippen molar-refractivity contribution < 1.29 is 0 Å². The molecule has 0 aliphatic carbocycles. The summed E-state index contributed by atoms with van der Waals surface area (Å²) in [5, 5.41) is 6.63. The third-order valence-electron chi connectivity index (χ3n) is 3.23. The van der Waals surface area contributed by atoms with E-state index in [1.807, 2.05) is 30.6 Å². The Bertz CT molecular complexity index is 750. The van der Waals surface area contributed by atoms with Gasteiger partial charge in [-0.15, -0.1) is 11.3 Å². The van der Waals surface area contributed by atoms with Gasteiger partial charge in [0.25, 0.3) is 0 Å². The van der Waals surface area contributed by atoms with E-state index in [-0.39, 0.29) is 6.04 Å². The fourth-order valence-corrected chi connectivity index (χ4v) is 2.98. The van der Waals surface area contributed by atoms with Crippen LogP contribution in [-0.4, -0.2) is 9.97 Å². The van der Waals surface area contributed by atoms with E-state index in [1.165, 1.54) is 4.88 Å². The molecule has 0 saturated heterocycles. The van der Waals surface area contributed by atoms with Crippen molar-refractivity contribution >= 4 is 33.5 Å². The number of anilines is 2. The number of hydrogen-bond donors (Lipinski definition) is 2. The fraction of sp³-hybridized carbons (Fsp3) is 0.200. The summed E-state index contributed by atoms with van der Waals surface area (Å²) in [7, 11) is 0. The second-order valence-corrected chi connectivity index (χ2v) is 6.07. The molecule has 3 N–H and O–H groups in total. The highest BCUT2D eigenvalue weighted by Crippen LogP contribution is 2.30. The van der Waals surface area contributed by atoms with Gasteiger partial charge in [-0.05, 0) is 32.0 Å². The maximum absolute atomic E-state index is 6.00. The van der Waals surface area contributed by atoms with Crippen molar-refractivity contribution in [2.75, 3.05) is 11.1 Å². The first-order valence-electron chi connectivity index (χ1n) is 6.46. The van der Waals surface area contributed by atoms with Crippen LogP contribution in [0.1, 0.15) is 22.9 Å². The molecule has 0 radical (unpaired) electrons. The molecule has 2 heterocycles. The van der Waals surface area contributed by atoms with Gasteiger partial charge >= 0.3 is 0 Å². The Morgan fingerprint density at radius 2 is 2.05 bits per heavy atom. The van der Waals surface area contributed by atoms with Crippen LogP contribution in [-0.2, 0) is 0 Å². The zero-order valence-electron chi connectivity index (χ0n) is 11.4. The predicted octanol–water partition coefficient (Wildman–Crippen LogP) is 3.76. The summed E-state index contributed by atoms with van der Waals surface area (Å²) in [5.74, 6) is 0. The molecule has 5 heteroatoms. The molecular weight excluding hydrogens is 268 g/mol. The molecule has 102 valence electrons. The molecule has 0 aliphatic rings. The quantitative estimate of drug-likeness (QED) is 0.719. The number of hydrogen-bond acceptors (Lipinski definition) is 5. The number of aromatic nitrogens is 2. The largest absolute Gasteiger partial charge is 0.398 e. The van der Waals surface area contributed by atoms with E-state index in [1.54, 1.807) is 17.5 Å². The van der Waals surface area contributed by atoms with Gasteiger partial charge in [-0.3, -0.25) is 4.98 Å². The van der Waals surface area contributed by atoms with Gasteiger partial charge in [0.2, 0.25) is 0 Å². The number of nitrogens with zero attached hydrogens (tertiary/aromatic N) is 2. The van der Waals surface area contributed by atoms with Crippen molar-refractivity contribution in [1.82, 2.24) is 9.97 Å². The van der Waals surface area contributed by atoms with Crippen molar-refractivity contribution in [3.63, 3.8) is 0 Å². The summed E-state index contributed by atoms with van der Waals surface area (Å²) in [4.78, 5) is 9.84. The van der Waals surface area contributed by atoms with E-state index in [0.29, 0.717) is 0 Å².